The van der Waals surface area contributed by atoms with Crippen molar-refractivity contribution >= 4 is 17.8 Å². The van der Waals surface area contributed by atoms with E-state index in [1.807, 2.05) is 0 Å². The number of carbonyl (C=O) groups excluding carboxylic acids is 2. The molecule has 2 N–H and O–H groups in total. The number of hydrogen-bond acceptors (Lipinski definition) is 3. The summed E-state index contributed by atoms with van der Waals surface area (Å²) in [7, 11) is 0. The molecule has 0 unspecified atom stereocenters. The Morgan fingerprint density at radius 3 is 2.53 bits per heavy atom. The van der Waals surface area contributed by atoms with Gasteiger partial charge in [0.15, 0.2) is 0 Å². The molecule has 15 heavy (non-hydrogen) atoms. The third-order valence-corrected chi connectivity index (χ3v) is 2.17. The van der Waals surface area contributed by atoms with Crippen LogP contribution in [0.15, 0.2) is 11.6 Å². The van der Waals surface area contributed by atoms with Crippen molar-refractivity contribution < 1.29 is 19.5 Å². The van der Waals surface area contributed by atoms with Gasteiger partial charge in [0.1, 0.15) is 0 Å². The highest BCUT2D eigenvalue weighted by Gasteiger charge is 2.19. The van der Waals surface area contributed by atoms with Crippen molar-refractivity contribution in [3.05, 3.63) is 11.6 Å². The molecule has 0 aromatic carbocycles. The number of aliphatic carboxylic acids is 1. The van der Waals surface area contributed by atoms with Gasteiger partial charge in [-0.15, -0.1) is 0 Å². The van der Waals surface area contributed by atoms with Crippen molar-refractivity contribution in [3.8, 4) is 0 Å². The van der Waals surface area contributed by atoms with Crippen LogP contribution in [0.2, 0.25) is 0 Å². The van der Waals surface area contributed by atoms with Crippen LogP contribution in [0.25, 0.3) is 0 Å². The van der Waals surface area contributed by atoms with E-state index in [-0.39, 0.29) is 18.2 Å². The molecule has 0 spiro atoms. The number of nitrogens with one attached hydrogen (secondary N) is 1. The fourth-order valence-corrected chi connectivity index (χ4v) is 1.41. The fourth-order valence-electron chi connectivity index (χ4n) is 1.41. The lowest BCUT2D eigenvalue weighted by Gasteiger charge is -1.99. The summed E-state index contributed by atoms with van der Waals surface area (Å²) in [5.74, 6) is -1.48. The van der Waals surface area contributed by atoms with E-state index in [4.69, 9.17) is 5.11 Å². The molecule has 0 aliphatic carbocycles. The van der Waals surface area contributed by atoms with Gasteiger partial charge in [-0.05, 0) is 19.3 Å². The third kappa shape index (κ3) is 3.93. The molecule has 2 amide bonds. The highest BCUT2D eigenvalue weighted by Crippen LogP contribution is 2.13. The Morgan fingerprint density at radius 1 is 1.27 bits per heavy atom. The van der Waals surface area contributed by atoms with Crippen LogP contribution in [0.3, 0.4) is 0 Å². The van der Waals surface area contributed by atoms with Crippen LogP contribution < -0.4 is 5.32 Å². The summed E-state index contributed by atoms with van der Waals surface area (Å²) in [4.78, 5) is 32.0. The van der Waals surface area contributed by atoms with Crippen LogP contribution in [0.1, 0.15) is 32.1 Å². The number of carboxylic acid groups (broad SMARTS) is 1. The van der Waals surface area contributed by atoms with Gasteiger partial charge in [0.25, 0.3) is 11.8 Å². The van der Waals surface area contributed by atoms with Crippen molar-refractivity contribution in [1.82, 2.24) is 5.32 Å². The first-order valence-corrected chi connectivity index (χ1v) is 4.87. The molecular formula is C10H13NO4. The molecule has 0 aromatic rings. The zero-order valence-corrected chi connectivity index (χ0v) is 8.28. The standard InChI is InChI=1S/C10H13NO4/c12-8-6-7(10(15)11-8)4-2-1-3-5-9(13)14/h6H,1-5H2,(H,13,14)(H,11,12,15). The minimum Gasteiger partial charge on any atom is -0.481 e. The molecule has 0 atom stereocenters. The number of rotatable bonds is 6. The van der Waals surface area contributed by atoms with Crippen LogP contribution in [0.4, 0.5) is 0 Å². The Kier molecular flexibility index (Phi) is 4.03. The number of carbonyl (C=O) groups is 3. The van der Waals surface area contributed by atoms with Crippen LogP contribution in [-0.2, 0) is 14.4 Å². The van der Waals surface area contributed by atoms with Gasteiger partial charge in [-0.25, -0.2) is 0 Å². The molecule has 1 aliphatic heterocycles. The average Bonchev–Trinajstić information content (AvgIpc) is 2.44. The first-order valence-electron chi connectivity index (χ1n) is 4.87. The summed E-state index contributed by atoms with van der Waals surface area (Å²) in [6, 6.07) is 0. The van der Waals surface area contributed by atoms with E-state index in [9.17, 15) is 14.4 Å². The van der Waals surface area contributed by atoms with Gasteiger partial charge in [0.2, 0.25) is 0 Å². The Bertz CT molecular complexity index is 319. The maximum Gasteiger partial charge on any atom is 0.303 e. The summed E-state index contributed by atoms with van der Waals surface area (Å²) in [6.45, 7) is 0. The Morgan fingerprint density at radius 2 is 2.00 bits per heavy atom. The van der Waals surface area contributed by atoms with Gasteiger partial charge in [0.05, 0.1) is 0 Å². The molecule has 0 saturated carbocycles. The van der Waals surface area contributed by atoms with E-state index >= 15 is 0 Å². The highest BCUT2D eigenvalue weighted by molar-refractivity contribution is 6.16. The normalized spacial score (nSPS) is 15.1. The SMILES string of the molecule is O=C(O)CCCCCC1=CC(=O)NC1=O. The van der Waals surface area contributed by atoms with Crippen LogP contribution in [0.5, 0.6) is 0 Å². The zero-order chi connectivity index (χ0) is 11.3. The lowest BCUT2D eigenvalue weighted by atomic mass is 10.1. The van der Waals surface area contributed by atoms with Crippen LogP contribution in [0, 0.1) is 0 Å². The first kappa shape index (κ1) is 11.4. The largest absolute Gasteiger partial charge is 0.481 e. The molecule has 0 bridgehead atoms. The van der Waals surface area contributed by atoms with E-state index in [1.54, 1.807) is 0 Å². The third-order valence-electron chi connectivity index (χ3n) is 2.17. The van der Waals surface area contributed by atoms with E-state index in [1.165, 1.54) is 6.08 Å². The van der Waals surface area contributed by atoms with Gasteiger partial charge in [-0.2, -0.15) is 0 Å². The second kappa shape index (κ2) is 5.29. The molecule has 1 rings (SSSR count). The Balaban J connectivity index is 2.15. The Hall–Kier alpha value is -1.65. The molecular weight excluding hydrogens is 198 g/mol. The number of unbranched alkanes of at least 4 members (excludes halogenated alkanes) is 2. The second-order valence-corrected chi connectivity index (χ2v) is 3.44. The summed E-state index contributed by atoms with van der Waals surface area (Å²) in [6.07, 6.45) is 4.10. The second-order valence-electron chi connectivity index (χ2n) is 3.44. The van der Waals surface area contributed by atoms with Gasteiger partial charge in [-0.3, -0.25) is 19.7 Å². The lowest BCUT2D eigenvalue weighted by molar-refractivity contribution is -0.137. The number of carboxylic acids is 1. The summed E-state index contributed by atoms with van der Waals surface area (Å²) in [5.41, 5.74) is 0.496. The van der Waals surface area contributed by atoms with Crippen molar-refractivity contribution in [2.24, 2.45) is 0 Å². The molecule has 5 nitrogen and oxygen atoms in total. The zero-order valence-electron chi connectivity index (χ0n) is 8.28. The quantitative estimate of drug-likeness (QED) is 0.498. The van der Waals surface area contributed by atoms with Gasteiger partial charge >= 0.3 is 5.97 Å². The van der Waals surface area contributed by atoms with E-state index in [0.717, 1.165) is 12.8 Å². The molecule has 0 fully saturated rings. The van der Waals surface area contributed by atoms with Crippen molar-refractivity contribution in [2.45, 2.75) is 32.1 Å². The van der Waals surface area contributed by atoms with Crippen molar-refractivity contribution in [1.29, 1.82) is 0 Å². The smallest absolute Gasteiger partial charge is 0.303 e. The van der Waals surface area contributed by atoms with Crippen LogP contribution >= 0.6 is 0 Å². The molecule has 5 heteroatoms. The first-order chi connectivity index (χ1) is 7.09. The minimum absolute atomic E-state index is 0.157. The van der Waals surface area contributed by atoms with Gasteiger partial charge in [0, 0.05) is 18.1 Å². The molecule has 82 valence electrons. The van der Waals surface area contributed by atoms with Gasteiger partial charge < -0.3 is 5.11 Å². The molecule has 1 aliphatic rings. The minimum atomic E-state index is -0.803. The van der Waals surface area contributed by atoms with E-state index < -0.39 is 5.97 Å². The topological polar surface area (TPSA) is 83.5 Å². The summed E-state index contributed by atoms with van der Waals surface area (Å²) < 4.78 is 0. The maximum absolute atomic E-state index is 11.1. The molecule has 1 heterocycles. The van der Waals surface area contributed by atoms with Crippen molar-refractivity contribution in [2.75, 3.05) is 0 Å². The highest BCUT2D eigenvalue weighted by atomic mass is 16.4. The Labute approximate surface area is 87.2 Å². The summed E-state index contributed by atoms with van der Waals surface area (Å²) in [5, 5.41) is 10.5. The number of amides is 2. The maximum atomic E-state index is 11.1. The van der Waals surface area contributed by atoms with Crippen molar-refractivity contribution in [3.63, 3.8) is 0 Å². The van der Waals surface area contributed by atoms with E-state index in [0.29, 0.717) is 18.4 Å². The molecule has 0 aromatic heterocycles. The fraction of sp³-hybridized carbons (Fsp3) is 0.500. The number of imide groups is 1. The van der Waals surface area contributed by atoms with Gasteiger partial charge in [-0.1, -0.05) is 6.42 Å². The molecule has 0 saturated heterocycles. The van der Waals surface area contributed by atoms with E-state index in [2.05, 4.69) is 5.32 Å². The summed E-state index contributed by atoms with van der Waals surface area (Å²) >= 11 is 0. The van der Waals surface area contributed by atoms with Crippen LogP contribution in [-0.4, -0.2) is 22.9 Å². The monoisotopic (exact) mass is 211 g/mol. The number of hydrogen-bond donors (Lipinski definition) is 2. The average molecular weight is 211 g/mol. The molecule has 0 radical (unpaired) electrons. The lowest BCUT2D eigenvalue weighted by Crippen LogP contribution is -2.22. The predicted octanol–water partition coefficient (Wildman–Crippen LogP) is 0.604. The predicted molar refractivity (Wildman–Crippen MR) is 52.0 cm³/mol.